The quantitative estimate of drug-likeness (QED) is 0.378. The summed E-state index contributed by atoms with van der Waals surface area (Å²) in [5, 5.41) is 0. The molecule has 0 aromatic carbocycles. The Morgan fingerprint density at radius 3 is 2.27 bits per heavy atom. The lowest BCUT2D eigenvalue weighted by Gasteiger charge is -1.98. The van der Waals surface area contributed by atoms with Gasteiger partial charge in [-0.05, 0) is 18.9 Å². The number of carbonyl (C=O) groups excluding carboxylic acids is 1. The maximum absolute atomic E-state index is 11.3. The Morgan fingerprint density at radius 2 is 1.60 bits per heavy atom. The highest BCUT2D eigenvalue weighted by Gasteiger charge is 1.96. The average Bonchev–Trinajstić information content (AvgIpc) is 2.23. The molecule has 0 aliphatic rings. The van der Waals surface area contributed by atoms with E-state index < -0.39 is 0 Å². The van der Waals surface area contributed by atoms with Crippen LogP contribution in [0.25, 0.3) is 0 Å². The van der Waals surface area contributed by atoms with Crippen molar-refractivity contribution < 1.29 is 4.79 Å². The summed E-state index contributed by atoms with van der Waals surface area (Å²) in [6.45, 7) is 4.35. The van der Waals surface area contributed by atoms with Gasteiger partial charge in [0.25, 0.3) is 0 Å². The van der Waals surface area contributed by atoms with Gasteiger partial charge >= 0.3 is 0 Å². The second kappa shape index (κ2) is 11.5. The molecular weight excluding hydrogens is 184 g/mol. The van der Waals surface area contributed by atoms with E-state index >= 15 is 0 Å². The van der Waals surface area contributed by atoms with Crippen LogP contribution >= 0.6 is 0 Å². The Hall–Kier alpha value is -0.590. The molecular formula is C14H26O. The molecule has 0 rings (SSSR count). The number of carbonyl (C=O) groups is 1. The number of allylic oxidation sites excluding steroid dienone is 2. The van der Waals surface area contributed by atoms with Crippen LogP contribution in [0.2, 0.25) is 0 Å². The minimum absolute atomic E-state index is 0.305. The largest absolute Gasteiger partial charge is 0.295 e. The summed E-state index contributed by atoms with van der Waals surface area (Å²) in [5.41, 5.74) is 0. The lowest BCUT2D eigenvalue weighted by Crippen LogP contribution is -1.92. The molecule has 0 saturated heterocycles. The molecule has 0 atom stereocenters. The van der Waals surface area contributed by atoms with Gasteiger partial charge in [0.2, 0.25) is 0 Å². The van der Waals surface area contributed by atoms with E-state index in [0.717, 1.165) is 25.7 Å². The molecule has 0 aliphatic carbocycles. The molecule has 0 heterocycles. The Balaban J connectivity index is 3.23. The Bertz CT molecular complexity index is 170. The fourth-order valence-electron chi connectivity index (χ4n) is 1.54. The second-order valence-electron chi connectivity index (χ2n) is 4.18. The highest BCUT2D eigenvalue weighted by molar-refractivity contribution is 5.89. The standard InChI is InChI=1S/C14H26O/c1-3-5-7-8-9-11-13-14(15)12-10-6-4-2/h10,12H,3-9,11,13H2,1-2H3. The first-order valence-electron chi connectivity index (χ1n) is 6.50. The molecule has 0 spiro atoms. The zero-order valence-corrected chi connectivity index (χ0v) is 10.4. The first kappa shape index (κ1) is 14.4. The summed E-state index contributed by atoms with van der Waals surface area (Å²) in [4.78, 5) is 11.3. The van der Waals surface area contributed by atoms with Gasteiger partial charge in [-0.15, -0.1) is 0 Å². The van der Waals surface area contributed by atoms with E-state index in [4.69, 9.17) is 0 Å². The molecule has 0 radical (unpaired) electrons. The predicted octanol–water partition coefficient (Wildman–Crippen LogP) is 4.66. The van der Waals surface area contributed by atoms with Crippen molar-refractivity contribution in [1.82, 2.24) is 0 Å². The van der Waals surface area contributed by atoms with Crippen LogP contribution in [0.5, 0.6) is 0 Å². The van der Waals surface area contributed by atoms with Crippen molar-refractivity contribution in [3.8, 4) is 0 Å². The number of hydrogen-bond acceptors (Lipinski definition) is 1. The smallest absolute Gasteiger partial charge is 0.155 e. The molecule has 1 nitrogen and oxygen atoms in total. The third-order valence-corrected chi connectivity index (χ3v) is 2.54. The Kier molecular flexibility index (Phi) is 11.0. The molecule has 0 aliphatic heterocycles. The predicted molar refractivity (Wildman–Crippen MR) is 67.0 cm³/mol. The second-order valence-corrected chi connectivity index (χ2v) is 4.18. The van der Waals surface area contributed by atoms with E-state index in [2.05, 4.69) is 13.8 Å². The van der Waals surface area contributed by atoms with Gasteiger partial charge in [-0.1, -0.05) is 58.4 Å². The highest BCUT2D eigenvalue weighted by atomic mass is 16.1. The molecule has 0 saturated carbocycles. The third-order valence-electron chi connectivity index (χ3n) is 2.54. The van der Waals surface area contributed by atoms with Crippen LogP contribution < -0.4 is 0 Å². The van der Waals surface area contributed by atoms with Crippen molar-refractivity contribution in [2.75, 3.05) is 0 Å². The molecule has 15 heavy (non-hydrogen) atoms. The summed E-state index contributed by atoms with van der Waals surface area (Å²) >= 11 is 0. The number of hydrogen-bond donors (Lipinski definition) is 0. The van der Waals surface area contributed by atoms with Crippen molar-refractivity contribution in [1.29, 1.82) is 0 Å². The van der Waals surface area contributed by atoms with Crippen LogP contribution in [0.1, 0.15) is 71.6 Å². The van der Waals surface area contributed by atoms with E-state index in [9.17, 15) is 4.79 Å². The summed E-state index contributed by atoms with van der Waals surface area (Å²) < 4.78 is 0. The topological polar surface area (TPSA) is 17.1 Å². The Labute approximate surface area is 95.0 Å². The first-order valence-corrected chi connectivity index (χ1v) is 6.50. The summed E-state index contributed by atoms with van der Waals surface area (Å²) in [6.07, 6.45) is 14.2. The zero-order valence-electron chi connectivity index (χ0n) is 10.4. The van der Waals surface area contributed by atoms with Crippen molar-refractivity contribution in [2.24, 2.45) is 0 Å². The fourth-order valence-corrected chi connectivity index (χ4v) is 1.54. The van der Waals surface area contributed by atoms with Crippen molar-refractivity contribution in [3.63, 3.8) is 0 Å². The van der Waals surface area contributed by atoms with Crippen molar-refractivity contribution >= 4 is 5.78 Å². The van der Waals surface area contributed by atoms with Crippen molar-refractivity contribution in [2.45, 2.75) is 71.6 Å². The average molecular weight is 210 g/mol. The van der Waals surface area contributed by atoms with Gasteiger partial charge in [0.05, 0.1) is 0 Å². The molecule has 0 aromatic rings. The van der Waals surface area contributed by atoms with Crippen molar-refractivity contribution in [3.05, 3.63) is 12.2 Å². The molecule has 0 aromatic heterocycles. The molecule has 0 fully saturated rings. The van der Waals surface area contributed by atoms with E-state index in [-0.39, 0.29) is 0 Å². The van der Waals surface area contributed by atoms with Gasteiger partial charge in [-0.3, -0.25) is 4.79 Å². The van der Waals surface area contributed by atoms with Gasteiger partial charge in [0.1, 0.15) is 0 Å². The first-order chi connectivity index (χ1) is 7.31. The van der Waals surface area contributed by atoms with Gasteiger partial charge in [0.15, 0.2) is 5.78 Å². The fraction of sp³-hybridized carbons (Fsp3) is 0.786. The zero-order chi connectivity index (χ0) is 11.4. The van der Waals surface area contributed by atoms with Crippen LogP contribution in [0, 0.1) is 0 Å². The lowest BCUT2D eigenvalue weighted by molar-refractivity contribution is -0.114. The molecule has 1 heteroatoms. The SMILES string of the molecule is CCCC=CC(=O)CCCCCCCC. The normalized spacial score (nSPS) is 11.1. The van der Waals surface area contributed by atoms with E-state index in [1.165, 1.54) is 32.1 Å². The highest BCUT2D eigenvalue weighted by Crippen LogP contribution is 2.07. The van der Waals surface area contributed by atoms with Gasteiger partial charge in [0, 0.05) is 6.42 Å². The summed E-state index contributed by atoms with van der Waals surface area (Å²) in [7, 11) is 0. The minimum Gasteiger partial charge on any atom is -0.295 e. The van der Waals surface area contributed by atoms with Gasteiger partial charge in [-0.25, -0.2) is 0 Å². The lowest BCUT2D eigenvalue weighted by atomic mass is 10.1. The van der Waals surface area contributed by atoms with Crippen LogP contribution in [-0.2, 0) is 4.79 Å². The number of ketones is 1. The van der Waals surface area contributed by atoms with E-state index in [0.29, 0.717) is 5.78 Å². The summed E-state index contributed by atoms with van der Waals surface area (Å²) in [6, 6.07) is 0. The molecule has 0 N–H and O–H groups in total. The maximum atomic E-state index is 11.3. The van der Waals surface area contributed by atoms with Gasteiger partial charge in [-0.2, -0.15) is 0 Å². The van der Waals surface area contributed by atoms with Gasteiger partial charge < -0.3 is 0 Å². The molecule has 88 valence electrons. The van der Waals surface area contributed by atoms with Crippen LogP contribution in [-0.4, -0.2) is 5.78 Å². The third kappa shape index (κ3) is 11.3. The van der Waals surface area contributed by atoms with E-state index in [1.807, 2.05) is 6.08 Å². The van der Waals surface area contributed by atoms with Crippen LogP contribution in [0.4, 0.5) is 0 Å². The minimum atomic E-state index is 0.305. The number of unbranched alkanes of at least 4 members (excludes halogenated alkanes) is 6. The van der Waals surface area contributed by atoms with E-state index in [1.54, 1.807) is 6.08 Å². The molecule has 0 amide bonds. The number of rotatable bonds is 10. The van der Waals surface area contributed by atoms with Crippen LogP contribution in [0.15, 0.2) is 12.2 Å². The molecule has 0 unspecified atom stereocenters. The monoisotopic (exact) mass is 210 g/mol. The maximum Gasteiger partial charge on any atom is 0.155 e. The Morgan fingerprint density at radius 1 is 0.933 bits per heavy atom. The molecule has 0 bridgehead atoms. The van der Waals surface area contributed by atoms with Crippen LogP contribution in [0.3, 0.4) is 0 Å². The summed E-state index contributed by atoms with van der Waals surface area (Å²) in [5.74, 6) is 0.305.